The molecule has 21 heavy (non-hydrogen) atoms. The van der Waals surface area contributed by atoms with Gasteiger partial charge in [0.05, 0.1) is 12.6 Å². The first kappa shape index (κ1) is 13.7. The average molecular weight is 287 g/mol. The Kier molecular flexibility index (Phi) is 3.66. The molecule has 2 heterocycles. The predicted octanol–water partition coefficient (Wildman–Crippen LogP) is 0.710. The molecule has 0 spiro atoms. The smallest absolute Gasteiger partial charge is 0.254 e. The maximum atomic E-state index is 12.5. The number of aromatic nitrogens is 4. The third kappa shape index (κ3) is 2.52. The third-order valence-corrected chi connectivity index (χ3v) is 4.07. The highest BCUT2D eigenvalue weighted by molar-refractivity contribution is 5.95. The zero-order valence-electron chi connectivity index (χ0n) is 11.7. The summed E-state index contributed by atoms with van der Waals surface area (Å²) >= 11 is 0. The number of benzene rings is 1. The van der Waals surface area contributed by atoms with Gasteiger partial charge in [-0.05, 0) is 29.7 Å². The van der Waals surface area contributed by atoms with Crippen LogP contribution >= 0.6 is 0 Å². The molecule has 3 rings (SSSR count). The number of aliphatic hydroxyl groups excluding tert-OH is 1. The van der Waals surface area contributed by atoms with Gasteiger partial charge in [0.2, 0.25) is 5.82 Å². The lowest BCUT2D eigenvalue weighted by Crippen LogP contribution is -2.39. The highest BCUT2D eigenvalue weighted by Gasteiger charge is 2.34. The molecule has 1 aliphatic heterocycles. The lowest BCUT2D eigenvalue weighted by atomic mass is 10.0. The van der Waals surface area contributed by atoms with Gasteiger partial charge in [-0.15, -0.1) is 10.2 Å². The molecule has 0 saturated carbocycles. The summed E-state index contributed by atoms with van der Waals surface area (Å²) in [7, 11) is 0. The van der Waals surface area contributed by atoms with E-state index < -0.39 is 0 Å². The molecule has 110 valence electrons. The Bertz CT molecular complexity index is 611. The lowest BCUT2D eigenvalue weighted by molar-refractivity contribution is 0.0648. The van der Waals surface area contributed by atoms with Gasteiger partial charge in [-0.1, -0.05) is 19.1 Å². The first-order valence-corrected chi connectivity index (χ1v) is 6.96. The standard InChI is InChI=1S/C14H17N5O2/c1-9-6-7-19(12(9)8-20)14(21)11-4-2-10(3-5-11)13-15-17-18-16-13/h2-5,9,12,20H,6-8H2,1H3,(H,15,16,17,18). The van der Waals surface area contributed by atoms with E-state index in [9.17, 15) is 9.90 Å². The minimum absolute atomic E-state index is 0.00779. The lowest BCUT2D eigenvalue weighted by Gasteiger charge is -2.25. The van der Waals surface area contributed by atoms with Gasteiger partial charge in [0.25, 0.3) is 5.91 Å². The largest absolute Gasteiger partial charge is 0.394 e. The summed E-state index contributed by atoms with van der Waals surface area (Å²) < 4.78 is 0. The third-order valence-electron chi connectivity index (χ3n) is 4.07. The van der Waals surface area contributed by atoms with E-state index >= 15 is 0 Å². The Morgan fingerprint density at radius 3 is 2.81 bits per heavy atom. The van der Waals surface area contributed by atoms with Gasteiger partial charge in [-0.25, -0.2) is 0 Å². The van der Waals surface area contributed by atoms with Crippen molar-refractivity contribution in [3.8, 4) is 11.4 Å². The van der Waals surface area contributed by atoms with Crippen LogP contribution < -0.4 is 0 Å². The number of aromatic amines is 1. The fraction of sp³-hybridized carbons (Fsp3) is 0.429. The molecule has 0 bridgehead atoms. The van der Waals surface area contributed by atoms with Crippen molar-refractivity contribution in [2.24, 2.45) is 5.92 Å². The Morgan fingerprint density at radius 2 is 2.19 bits per heavy atom. The van der Waals surface area contributed by atoms with Crippen LogP contribution in [0.15, 0.2) is 24.3 Å². The number of hydrogen-bond donors (Lipinski definition) is 2. The summed E-state index contributed by atoms with van der Waals surface area (Å²) in [4.78, 5) is 14.3. The van der Waals surface area contributed by atoms with Gasteiger partial charge in [0.1, 0.15) is 0 Å². The Labute approximate surface area is 122 Å². The van der Waals surface area contributed by atoms with Crippen LogP contribution in [-0.4, -0.2) is 55.7 Å². The number of likely N-dealkylation sites (tertiary alicyclic amines) is 1. The number of tetrazole rings is 1. The van der Waals surface area contributed by atoms with Gasteiger partial charge in [0, 0.05) is 17.7 Å². The van der Waals surface area contributed by atoms with Gasteiger partial charge in [-0.3, -0.25) is 4.79 Å². The summed E-state index contributed by atoms with van der Waals surface area (Å²) in [5, 5.41) is 23.2. The van der Waals surface area contributed by atoms with Crippen molar-refractivity contribution in [2.75, 3.05) is 13.2 Å². The van der Waals surface area contributed by atoms with Crippen molar-refractivity contribution in [1.29, 1.82) is 0 Å². The van der Waals surface area contributed by atoms with Crippen molar-refractivity contribution < 1.29 is 9.90 Å². The van der Waals surface area contributed by atoms with Crippen LogP contribution in [0.4, 0.5) is 0 Å². The van der Waals surface area contributed by atoms with Crippen LogP contribution in [0.25, 0.3) is 11.4 Å². The van der Waals surface area contributed by atoms with Crippen molar-refractivity contribution in [3.63, 3.8) is 0 Å². The second kappa shape index (κ2) is 5.61. The first-order chi connectivity index (χ1) is 10.2. The van der Waals surface area contributed by atoms with Crippen LogP contribution in [0.2, 0.25) is 0 Å². The Hall–Kier alpha value is -2.28. The SMILES string of the molecule is CC1CCN(C(=O)c2ccc(-c3nn[nH]n3)cc2)C1CO. The fourth-order valence-electron chi connectivity index (χ4n) is 2.75. The molecule has 2 atom stereocenters. The molecule has 1 aliphatic rings. The topological polar surface area (TPSA) is 95.0 Å². The minimum Gasteiger partial charge on any atom is -0.394 e. The van der Waals surface area contributed by atoms with Crippen LogP contribution in [-0.2, 0) is 0 Å². The van der Waals surface area contributed by atoms with Crippen LogP contribution in [0, 0.1) is 5.92 Å². The van der Waals surface area contributed by atoms with E-state index in [2.05, 4.69) is 27.5 Å². The molecule has 1 fully saturated rings. The molecule has 0 aliphatic carbocycles. The monoisotopic (exact) mass is 287 g/mol. The number of aliphatic hydroxyl groups is 1. The highest BCUT2D eigenvalue weighted by atomic mass is 16.3. The quantitative estimate of drug-likeness (QED) is 0.867. The molecular formula is C14H17N5O2. The van der Waals surface area contributed by atoms with E-state index in [1.807, 2.05) is 0 Å². The van der Waals surface area contributed by atoms with Gasteiger partial charge in [0.15, 0.2) is 0 Å². The molecule has 1 aromatic heterocycles. The van der Waals surface area contributed by atoms with E-state index in [0.717, 1.165) is 12.0 Å². The summed E-state index contributed by atoms with van der Waals surface area (Å²) in [6.45, 7) is 2.76. The van der Waals surface area contributed by atoms with E-state index in [1.54, 1.807) is 29.2 Å². The second-order valence-electron chi connectivity index (χ2n) is 5.33. The van der Waals surface area contributed by atoms with Gasteiger partial charge < -0.3 is 10.0 Å². The van der Waals surface area contributed by atoms with Crippen molar-refractivity contribution in [2.45, 2.75) is 19.4 Å². The van der Waals surface area contributed by atoms with Gasteiger partial charge in [-0.2, -0.15) is 5.21 Å². The number of amides is 1. The number of carbonyl (C=O) groups excluding carboxylic acids is 1. The zero-order chi connectivity index (χ0) is 14.8. The van der Waals surface area contributed by atoms with Gasteiger partial charge >= 0.3 is 0 Å². The molecule has 2 aromatic rings. The van der Waals surface area contributed by atoms with Crippen LogP contribution in [0.1, 0.15) is 23.7 Å². The molecule has 1 aromatic carbocycles. The van der Waals surface area contributed by atoms with Crippen LogP contribution in [0.5, 0.6) is 0 Å². The fourth-order valence-corrected chi connectivity index (χ4v) is 2.75. The van der Waals surface area contributed by atoms with Crippen LogP contribution in [0.3, 0.4) is 0 Å². The maximum absolute atomic E-state index is 12.5. The number of hydrogen-bond acceptors (Lipinski definition) is 5. The van der Waals surface area contributed by atoms with E-state index in [1.165, 1.54) is 0 Å². The summed E-state index contributed by atoms with van der Waals surface area (Å²) in [6.07, 6.45) is 0.928. The molecule has 7 heteroatoms. The predicted molar refractivity (Wildman–Crippen MR) is 75.3 cm³/mol. The molecule has 1 saturated heterocycles. The Balaban J connectivity index is 1.79. The zero-order valence-corrected chi connectivity index (χ0v) is 11.7. The molecule has 0 radical (unpaired) electrons. The molecule has 2 N–H and O–H groups in total. The molecule has 2 unspecified atom stereocenters. The van der Waals surface area contributed by atoms with E-state index in [-0.39, 0.29) is 18.6 Å². The second-order valence-corrected chi connectivity index (χ2v) is 5.33. The molecule has 1 amide bonds. The van der Waals surface area contributed by atoms with E-state index in [4.69, 9.17) is 0 Å². The minimum atomic E-state index is -0.0885. The number of carbonyl (C=O) groups is 1. The summed E-state index contributed by atoms with van der Waals surface area (Å²) in [5.41, 5.74) is 1.41. The van der Waals surface area contributed by atoms with Crippen molar-refractivity contribution in [1.82, 2.24) is 25.5 Å². The first-order valence-electron chi connectivity index (χ1n) is 6.96. The average Bonchev–Trinajstić information content (AvgIpc) is 3.16. The summed E-state index contributed by atoms with van der Waals surface area (Å²) in [6, 6.07) is 7.02. The summed E-state index contributed by atoms with van der Waals surface area (Å²) in [5.74, 6) is 0.785. The number of rotatable bonds is 3. The number of H-pyrrole nitrogens is 1. The number of nitrogens with zero attached hydrogens (tertiary/aromatic N) is 4. The normalized spacial score (nSPS) is 21.7. The Morgan fingerprint density at radius 1 is 1.43 bits per heavy atom. The number of nitrogens with one attached hydrogen (secondary N) is 1. The molecule has 7 nitrogen and oxygen atoms in total. The highest BCUT2D eigenvalue weighted by Crippen LogP contribution is 2.25. The van der Waals surface area contributed by atoms with Crippen molar-refractivity contribution >= 4 is 5.91 Å². The van der Waals surface area contributed by atoms with E-state index in [0.29, 0.717) is 23.9 Å². The maximum Gasteiger partial charge on any atom is 0.254 e. The molecular weight excluding hydrogens is 270 g/mol. The van der Waals surface area contributed by atoms with Crippen molar-refractivity contribution in [3.05, 3.63) is 29.8 Å².